The summed E-state index contributed by atoms with van der Waals surface area (Å²) < 4.78 is 1.75. The van der Waals surface area contributed by atoms with Gasteiger partial charge in [0.2, 0.25) is 0 Å². The molecule has 21 rings (SSSR count). The van der Waals surface area contributed by atoms with E-state index >= 15 is 0 Å². The number of amides is 1. The molecule has 0 aromatic carbocycles. The van der Waals surface area contributed by atoms with Crippen LogP contribution in [0.25, 0.3) is 0 Å². The SMILES string of the molecule is CCC(=O)c1cnn(CC(=O)[C@H]2CC[C@H]3[C@@H]4CC[C@@H]5C[C@](C)(O)CC[C@]5(C)[C@H]4CC[C@]23C)n1.CCc1cn(CC(=O)[C@H]2CC[C@H]3[C@@H]4CC[C@H]5C[C@](C)(O)CC[C@]5(C)[C@H]4CC[C@]23C)nn1.CCc1cnn(CC(=O)[C@H]2CC[C@H]3[C@@H]4CC[C@H]5C[C@](C)(O)CC[C@]5(C)[C@H]4CC[C@]23C)n1.C[C@@]1(O)CC[C@@]2(C)[C@H](CC[C@@H]3[C@@H]2CC[C@]2(C)[C@@H](C(=O)Cn4ncc(C(=O)N5CCCC5)n4)CC[C@@H]32)C1. The molecular weight excluding hydrogens is 1640 g/mol. The summed E-state index contributed by atoms with van der Waals surface area (Å²) in [6, 6.07) is 0. The quantitative estimate of drug-likeness (QED) is 0.0714. The summed E-state index contributed by atoms with van der Waals surface area (Å²) in [5, 5.41) is 77.1. The molecule has 1 amide bonds. The van der Waals surface area contributed by atoms with Crippen molar-refractivity contribution in [3.8, 4) is 0 Å². The van der Waals surface area contributed by atoms with E-state index in [1.54, 1.807) is 15.7 Å². The number of carbonyl (C=O) groups is 6. The minimum absolute atomic E-state index is 0.0340. The summed E-state index contributed by atoms with van der Waals surface area (Å²) in [4.78, 5) is 84.6. The van der Waals surface area contributed by atoms with Crippen molar-refractivity contribution in [2.24, 2.45) is 162 Å². The van der Waals surface area contributed by atoms with Gasteiger partial charge in [0.15, 0.2) is 34.6 Å². The number of fused-ring (bicyclic) bond motifs is 20. The number of hydrogen-bond acceptors (Lipinski definition) is 18. The van der Waals surface area contributed by atoms with Gasteiger partial charge in [-0.3, -0.25) is 28.8 Å². The molecule has 0 spiro atoms. The second-order valence-electron chi connectivity index (χ2n) is 50.8. The molecule has 131 heavy (non-hydrogen) atoms. The van der Waals surface area contributed by atoms with Gasteiger partial charge in [0.05, 0.1) is 52.4 Å². The number of rotatable bonds is 17. The highest BCUT2D eigenvalue weighted by Crippen LogP contribution is 2.74. The molecule has 1 aliphatic heterocycles. The van der Waals surface area contributed by atoms with Gasteiger partial charge in [-0.25, -0.2) is 4.68 Å². The van der Waals surface area contributed by atoms with E-state index in [0.717, 1.165) is 201 Å². The number of Topliss-reactive ketones (excluding diaryl/α,β-unsaturated/α-hetero) is 5. The number of aliphatic hydroxyl groups is 4. The van der Waals surface area contributed by atoms with Gasteiger partial charge in [0, 0.05) is 49.4 Å². The van der Waals surface area contributed by atoms with Crippen LogP contribution in [0.1, 0.15) is 387 Å². The van der Waals surface area contributed by atoms with E-state index in [2.05, 4.69) is 110 Å². The lowest BCUT2D eigenvalue weighted by Crippen LogP contribution is -2.55. The monoisotopic (exact) mass is 1810 g/mol. The molecule has 0 bridgehead atoms. The van der Waals surface area contributed by atoms with E-state index in [9.17, 15) is 49.2 Å². The molecule has 23 nitrogen and oxygen atoms in total. The molecule has 32 atom stereocenters. The van der Waals surface area contributed by atoms with Crippen molar-refractivity contribution >= 4 is 34.8 Å². The maximum atomic E-state index is 13.6. The Hall–Kier alpha value is -5.78. The third kappa shape index (κ3) is 17.3. The molecule has 23 heteroatoms. The number of carbonyl (C=O) groups excluding carboxylic acids is 6. The Morgan fingerprint density at radius 1 is 0.336 bits per heavy atom. The Balaban J connectivity index is 0.000000118. The summed E-state index contributed by atoms with van der Waals surface area (Å²) in [6.07, 6.45) is 51.6. The van der Waals surface area contributed by atoms with Crippen molar-refractivity contribution in [2.75, 3.05) is 13.1 Å². The summed E-state index contributed by atoms with van der Waals surface area (Å²) in [7, 11) is 0. The summed E-state index contributed by atoms with van der Waals surface area (Å²) >= 11 is 0. The van der Waals surface area contributed by atoms with Crippen molar-refractivity contribution in [3.05, 3.63) is 47.6 Å². The van der Waals surface area contributed by atoms with Gasteiger partial charge < -0.3 is 25.3 Å². The minimum Gasteiger partial charge on any atom is -0.390 e. The largest absolute Gasteiger partial charge is 0.390 e. The van der Waals surface area contributed by atoms with Crippen LogP contribution in [-0.2, 0) is 58.2 Å². The fraction of sp³-hybridized carbons (Fsp3) is 0.870. The molecule has 16 saturated carbocycles. The van der Waals surface area contributed by atoms with Crippen LogP contribution in [0.15, 0.2) is 24.8 Å². The lowest BCUT2D eigenvalue weighted by Gasteiger charge is -2.61. The fourth-order valence-corrected chi connectivity index (χ4v) is 36.2. The molecule has 17 fully saturated rings. The zero-order valence-corrected chi connectivity index (χ0v) is 83.1. The van der Waals surface area contributed by atoms with Gasteiger partial charge in [-0.1, -0.05) is 81.4 Å². The van der Waals surface area contributed by atoms with E-state index in [4.69, 9.17) is 0 Å². The highest BCUT2D eigenvalue weighted by atomic mass is 16.3. The zero-order valence-electron chi connectivity index (χ0n) is 83.1. The Labute approximate surface area is 782 Å². The molecule has 0 radical (unpaired) electrons. The van der Waals surface area contributed by atoms with Crippen LogP contribution in [0.5, 0.6) is 0 Å². The highest BCUT2D eigenvalue weighted by molar-refractivity contribution is 5.94. The standard InChI is InChI=1S/C29H44N4O3.C27H41N3O3.2C26H41N3O2/c1-27(36)12-13-28(2)19(16-27)6-7-20-21-8-9-23(29(21,3)11-10-22(20)28)25(34)18-33-30-17-24(31-33)26(35)32-14-4-5-15-32;1-5-23(31)22-15-28-30(29-22)16-24(32)21-9-8-19-18-7-6-17-14-25(2,33)12-13-26(17,3)20(18)10-11-27(19,21)4;1-5-18-15-29(28-27-18)16-23(30)22-9-8-20-19-7-6-17-14-24(2,31)12-13-25(17,3)21(19)10-11-26(20,22)4;1-5-18-15-27-29(28-18)16-23(30)22-9-8-20-19-7-6-17-14-24(2,31)12-13-25(17,3)21(19)10-11-26(20,22)4/h17,19-23,36H,4-16,18H2,1-3H3;15,17-21,33H,5-14,16H2,1-4H3;2*15,17,19-22,31H,5-14,16H2,1-4H3/t19-,20+,21+,22+,23-,27-,28+,29+;17-,18+,19+,20+,21-,25-,26+,27+;2*17-,19-,20-,21-,22+,24+,25-,26-/m1100/s1. The Bertz CT molecular complexity index is 4700. The highest BCUT2D eigenvalue weighted by Gasteiger charge is 2.68. The summed E-state index contributed by atoms with van der Waals surface area (Å²) in [5.41, 5.74) is 2.57. The predicted molar refractivity (Wildman–Crippen MR) is 502 cm³/mol. The summed E-state index contributed by atoms with van der Waals surface area (Å²) in [5.74, 6) is 12.7. The van der Waals surface area contributed by atoms with Crippen molar-refractivity contribution in [3.63, 3.8) is 0 Å². The van der Waals surface area contributed by atoms with Crippen LogP contribution < -0.4 is 0 Å². The first-order valence-electron chi connectivity index (χ1n) is 53.4. The van der Waals surface area contributed by atoms with Crippen molar-refractivity contribution in [2.45, 2.75) is 416 Å². The molecule has 5 heterocycles. The Morgan fingerprint density at radius 2 is 0.641 bits per heavy atom. The number of ketones is 5. The van der Waals surface area contributed by atoms with E-state index in [1.165, 1.54) is 138 Å². The first kappa shape index (κ1) is 95.5. The number of likely N-dealkylation sites (tertiary alicyclic amines) is 1. The molecule has 17 aliphatic rings. The van der Waals surface area contributed by atoms with Crippen LogP contribution in [0.3, 0.4) is 0 Å². The van der Waals surface area contributed by atoms with Crippen molar-refractivity contribution in [1.29, 1.82) is 0 Å². The second-order valence-corrected chi connectivity index (χ2v) is 50.8. The normalized spacial score (nSPS) is 45.5. The molecule has 4 aromatic heterocycles. The van der Waals surface area contributed by atoms with Crippen LogP contribution in [-0.4, -0.2) is 156 Å². The molecule has 4 N–H and O–H groups in total. The molecule has 1 saturated heterocycles. The number of nitrogens with zero attached hydrogens (tertiary/aromatic N) is 13. The third-order valence-electron chi connectivity index (χ3n) is 43.8. The maximum absolute atomic E-state index is 13.6. The lowest BCUT2D eigenvalue weighted by molar-refractivity contribution is -0.151. The van der Waals surface area contributed by atoms with E-state index < -0.39 is 22.4 Å². The van der Waals surface area contributed by atoms with Crippen LogP contribution in [0.2, 0.25) is 0 Å². The number of hydrogen-bond donors (Lipinski definition) is 4. The van der Waals surface area contributed by atoms with E-state index in [0.29, 0.717) is 123 Å². The fourth-order valence-electron chi connectivity index (χ4n) is 36.2. The van der Waals surface area contributed by atoms with Crippen LogP contribution in [0, 0.1) is 162 Å². The zero-order chi connectivity index (χ0) is 92.9. The number of aromatic nitrogens is 12. The molecule has 724 valence electrons. The Kier molecular flexibility index (Phi) is 25.9. The third-order valence-corrected chi connectivity index (χ3v) is 43.8. The molecular formula is C108H167N13O10. The topological polar surface area (TPSA) is 309 Å². The van der Waals surface area contributed by atoms with Crippen molar-refractivity contribution < 1.29 is 49.2 Å². The molecule has 16 aliphatic carbocycles. The molecule has 4 aromatic rings. The molecule has 0 unspecified atom stereocenters. The predicted octanol–water partition coefficient (Wildman–Crippen LogP) is 19.0. The van der Waals surface area contributed by atoms with Gasteiger partial charge in [-0.15, -0.1) is 15.3 Å². The second kappa shape index (κ2) is 35.6. The van der Waals surface area contributed by atoms with E-state index in [1.807, 2.05) is 45.7 Å². The van der Waals surface area contributed by atoms with Gasteiger partial charge >= 0.3 is 0 Å². The van der Waals surface area contributed by atoms with Crippen LogP contribution in [0.4, 0.5) is 0 Å². The van der Waals surface area contributed by atoms with Crippen LogP contribution >= 0.6 is 0 Å². The lowest BCUT2D eigenvalue weighted by atomic mass is 9.44. The number of aryl methyl sites for hydroxylation is 2. The maximum Gasteiger partial charge on any atom is 0.276 e. The first-order chi connectivity index (χ1) is 62.0. The van der Waals surface area contributed by atoms with Crippen molar-refractivity contribution in [1.82, 2.24) is 64.9 Å². The van der Waals surface area contributed by atoms with Gasteiger partial charge in [0.1, 0.15) is 31.9 Å². The van der Waals surface area contributed by atoms with Gasteiger partial charge in [0.25, 0.3) is 5.91 Å². The van der Waals surface area contributed by atoms with E-state index in [-0.39, 0.29) is 81.7 Å². The van der Waals surface area contributed by atoms with Gasteiger partial charge in [-0.2, -0.15) is 34.8 Å². The minimum atomic E-state index is -0.495. The Morgan fingerprint density at radius 3 is 0.962 bits per heavy atom. The first-order valence-corrected chi connectivity index (χ1v) is 53.4. The summed E-state index contributed by atoms with van der Waals surface area (Å²) in [6.45, 7) is 36.5. The smallest absolute Gasteiger partial charge is 0.276 e. The average Bonchev–Trinajstić information content (AvgIpc) is 1.71. The van der Waals surface area contributed by atoms with Gasteiger partial charge in [-0.05, 0) is 423 Å². The average molecular weight is 1810 g/mol.